The van der Waals surface area contributed by atoms with Crippen LogP contribution in [0.5, 0.6) is 5.75 Å². The Bertz CT molecular complexity index is 1440. The molecule has 7 nitrogen and oxygen atoms in total. The predicted molar refractivity (Wildman–Crippen MR) is 123 cm³/mol. The van der Waals surface area contributed by atoms with Gasteiger partial charge >= 0.3 is 0 Å². The molecule has 2 heterocycles. The largest absolute Gasteiger partial charge is 0.502 e. The van der Waals surface area contributed by atoms with Crippen LogP contribution in [-0.4, -0.2) is 47.5 Å². The summed E-state index contributed by atoms with van der Waals surface area (Å²) in [6.45, 7) is 0.572. The summed E-state index contributed by atoms with van der Waals surface area (Å²) < 4.78 is 36.0. The molecule has 2 unspecified atom stereocenters. The number of aromatic hydroxyl groups is 1. The third-order valence-corrected chi connectivity index (χ3v) is 7.62. The monoisotopic (exact) mass is 479 g/mol. The number of benzene rings is 2. The Hall–Kier alpha value is -3.72. The number of hydrogen-bond donors (Lipinski definition) is 1. The topological polar surface area (TPSA) is 75.0 Å². The van der Waals surface area contributed by atoms with E-state index < -0.39 is 34.3 Å². The lowest BCUT2D eigenvalue weighted by Crippen LogP contribution is -2.63. The van der Waals surface area contributed by atoms with E-state index in [9.17, 15) is 19.1 Å². The number of halogens is 2. The van der Waals surface area contributed by atoms with E-state index in [1.807, 2.05) is 29.3 Å². The second kappa shape index (κ2) is 7.64. The summed E-state index contributed by atoms with van der Waals surface area (Å²) in [7, 11) is 1.52. The van der Waals surface area contributed by atoms with Crippen molar-refractivity contribution in [3.05, 3.63) is 98.5 Å². The Morgan fingerprint density at radius 3 is 2.69 bits per heavy atom. The number of carbonyl (C=O) groups is 1. The first-order chi connectivity index (χ1) is 16.9. The number of pyridine rings is 1. The van der Waals surface area contributed by atoms with Gasteiger partial charge in [-0.3, -0.25) is 19.3 Å². The Morgan fingerprint density at radius 2 is 1.89 bits per heavy atom. The maximum absolute atomic E-state index is 15.1. The van der Waals surface area contributed by atoms with Crippen molar-refractivity contribution in [1.29, 1.82) is 0 Å². The van der Waals surface area contributed by atoms with E-state index in [-0.39, 0.29) is 31.4 Å². The van der Waals surface area contributed by atoms with Gasteiger partial charge in [-0.05, 0) is 41.2 Å². The van der Waals surface area contributed by atoms with E-state index in [2.05, 4.69) is 0 Å². The third kappa shape index (κ3) is 2.78. The van der Waals surface area contributed by atoms with Gasteiger partial charge in [0, 0.05) is 31.8 Å². The normalized spacial score (nSPS) is 22.1. The second-order valence-corrected chi connectivity index (χ2v) is 9.24. The summed E-state index contributed by atoms with van der Waals surface area (Å²) in [5, 5.41) is 12.6. The van der Waals surface area contributed by atoms with E-state index in [0.29, 0.717) is 24.0 Å². The van der Waals surface area contributed by atoms with E-state index in [0.717, 1.165) is 17.2 Å². The molecule has 2 aliphatic carbocycles. The van der Waals surface area contributed by atoms with Crippen LogP contribution in [0.4, 0.5) is 8.78 Å². The molecular formula is C26H23F2N3O4. The van der Waals surface area contributed by atoms with Crippen molar-refractivity contribution in [2.24, 2.45) is 5.92 Å². The molecule has 180 valence electrons. The smallest absolute Gasteiger partial charge is 0.277 e. The molecule has 1 N–H and O–H groups in total. The van der Waals surface area contributed by atoms with Gasteiger partial charge in [0.05, 0.1) is 6.61 Å². The minimum Gasteiger partial charge on any atom is -0.502 e. The molecule has 0 bridgehead atoms. The van der Waals surface area contributed by atoms with Gasteiger partial charge < -0.3 is 14.7 Å². The fraction of sp³-hybridized carbons (Fsp3) is 0.308. The average molecular weight is 479 g/mol. The Morgan fingerprint density at radius 1 is 1.09 bits per heavy atom. The number of carbonyl (C=O) groups excluding carboxylic acids is 1. The van der Waals surface area contributed by atoms with Crippen molar-refractivity contribution < 1.29 is 23.4 Å². The fourth-order valence-electron chi connectivity index (χ4n) is 6.19. The summed E-state index contributed by atoms with van der Waals surface area (Å²) >= 11 is 0. The molecule has 0 saturated carbocycles. The lowest BCUT2D eigenvalue weighted by molar-refractivity contribution is 0.0579. The van der Waals surface area contributed by atoms with Crippen LogP contribution in [0.1, 0.15) is 32.7 Å². The molecule has 1 amide bonds. The number of aromatic nitrogens is 1. The number of nitrogens with zero attached hydrogens (tertiary/aromatic N) is 3. The van der Waals surface area contributed by atoms with Crippen molar-refractivity contribution in [2.75, 3.05) is 31.9 Å². The van der Waals surface area contributed by atoms with Crippen LogP contribution in [0.2, 0.25) is 0 Å². The summed E-state index contributed by atoms with van der Waals surface area (Å²) in [5.41, 5.74) is 1.18. The highest BCUT2D eigenvalue weighted by Gasteiger charge is 2.59. The van der Waals surface area contributed by atoms with Crippen molar-refractivity contribution in [2.45, 2.75) is 18.4 Å². The van der Waals surface area contributed by atoms with Crippen LogP contribution in [0.15, 0.2) is 53.5 Å². The van der Waals surface area contributed by atoms with E-state index in [1.54, 1.807) is 6.07 Å². The predicted octanol–water partition coefficient (Wildman–Crippen LogP) is 2.50. The third-order valence-electron chi connectivity index (χ3n) is 7.62. The SMILES string of the molecule is COCCN1CN(C23c4ccccc4CC2Cc2c3ccc(F)c2F)n2ccc(=O)c(O)c2C1=O. The number of ether oxygens (including phenoxy) is 1. The van der Waals surface area contributed by atoms with E-state index in [1.165, 1.54) is 28.9 Å². The standard InChI is InChI=1S/C26H23F2N3O4/c1-35-11-10-29-14-31(30-9-8-21(32)24(33)23(30)25(29)34)26-16(12-15-4-2-3-5-18(15)26)13-17-19(26)6-7-20(27)22(17)28/h2-9,16,33H,10-14H2,1H3. The van der Waals surface area contributed by atoms with Gasteiger partial charge in [0.25, 0.3) is 5.91 Å². The quantitative estimate of drug-likeness (QED) is 0.623. The highest BCUT2D eigenvalue weighted by molar-refractivity contribution is 5.96. The van der Waals surface area contributed by atoms with Gasteiger partial charge in [-0.25, -0.2) is 8.78 Å². The zero-order chi connectivity index (χ0) is 24.5. The molecule has 0 saturated heterocycles. The average Bonchev–Trinajstić information content (AvgIpc) is 3.35. The van der Waals surface area contributed by atoms with E-state index >= 15 is 4.39 Å². The molecule has 2 aromatic carbocycles. The second-order valence-electron chi connectivity index (χ2n) is 9.24. The molecule has 35 heavy (non-hydrogen) atoms. The van der Waals surface area contributed by atoms with Crippen LogP contribution in [0, 0.1) is 17.6 Å². The minimum atomic E-state index is -0.942. The molecule has 6 rings (SSSR count). The number of hydrogen-bond acceptors (Lipinski definition) is 5. The van der Waals surface area contributed by atoms with Crippen LogP contribution in [0.25, 0.3) is 0 Å². The van der Waals surface area contributed by atoms with Crippen LogP contribution in [-0.2, 0) is 23.1 Å². The van der Waals surface area contributed by atoms with E-state index in [4.69, 9.17) is 4.74 Å². The minimum absolute atomic E-state index is 0.0980. The van der Waals surface area contributed by atoms with Gasteiger partial charge in [0.1, 0.15) is 12.2 Å². The zero-order valence-corrected chi connectivity index (χ0v) is 19.0. The molecule has 0 spiro atoms. The number of rotatable bonds is 4. The van der Waals surface area contributed by atoms with Gasteiger partial charge in [-0.2, -0.15) is 0 Å². The molecule has 3 aliphatic rings. The van der Waals surface area contributed by atoms with Crippen molar-refractivity contribution in [1.82, 2.24) is 9.58 Å². The number of amides is 1. The highest BCUT2D eigenvalue weighted by Crippen LogP contribution is 2.57. The molecule has 0 fully saturated rings. The maximum Gasteiger partial charge on any atom is 0.277 e. The Balaban J connectivity index is 1.66. The fourth-order valence-corrected chi connectivity index (χ4v) is 6.19. The van der Waals surface area contributed by atoms with Gasteiger partial charge in [0.2, 0.25) is 5.43 Å². The zero-order valence-electron chi connectivity index (χ0n) is 19.0. The van der Waals surface area contributed by atoms with Gasteiger partial charge in [-0.1, -0.05) is 30.3 Å². The lowest BCUT2D eigenvalue weighted by Gasteiger charge is -2.50. The molecule has 1 aromatic heterocycles. The number of methoxy groups -OCH3 is 1. The van der Waals surface area contributed by atoms with Gasteiger partial charge in [-0.15, -0.1) is 0 Å². The Kier molecular flexibility index (Phi) is 4.76. The van der Waals surface area contributed by atoms with Crippen LogP contribution in [0.3, 0.4) is 0 Å². The summed E-state index contributed by atoms with van der Waals surface area (Å²) in [4.78, 5) is 27.2. The highest BCUT2D eigenvalue weighted by atomic mass is 19.2. The lowest BCUT2D eigenvalue weighted by atomic mass is 9.81. The molecule has 3 aromatic rings. The maximum atomic E-state index is 15.1. The molecule has 0 radical (unpaired) electrons. The summed E-state index contributed by atoms with van der Waals surface area (Å²) in [6, 6.07) is 11.8. The van der Waals surface area contributed by atoms with Crippen molar-refractivity contribution in [3.8, 4) is 5.75 Å². The van der Waals surface area contributed by atoms with Gasteiger partial charge in [0.15, 0.2) is 23.1 Å². The first-order valence-electron chi connectivity index (χ1n) is 11.5. The van der Waals surface area contributed by atoms with Crippen molar-refractivity contribution >= 4 is 5.91 Å². The van der Waals surface area contributed by atoms with Crippen LogP contribution >= 0.6 is 0 Å². The summed E-state index contributed by atoms with van der Waals surface area (Å²) in [6.07, 6.45) is 2.42. The first kappa shape index (κ1) is 21.8. The molecular weight excluding hydrogens is 456 g/mol. The number of fused-ring (bicyclic) bond motifs is 6. The molecule has 9 heteroatoms. The first-order valence-corrected chi connectivity index (χ1v) is 11.5. The summed E-state index contributed by atoms with van der Waals surface area (Å²) in [5.74, 6) is -3.06. The molecule has 1 aliphatic heterocycles. The van der Waals surface area contributed by atoms with Crippen LogP contribution < -0.4 is 10.4 Å². The van der Waals surface area contributed by atoms with Crippen molar-refractivity contribution in [3.63, 3.8) is 0 Å². The molecule has 2 atom stereocenters. The Labute approximate surface area is 199 Å².